The zero-order chi connectivity index (χ0) is 14.3. The summed E-state index contributed by atoms with van der Waals surface area (Å²) < 4.78 is 0. The Morgan fingerprint density at radius 2 is 2.10 bits per heavy atom. The van der Waals surface area contributed by atoms with Crippen LogP contribution in [0, 0.1) is 5.92 Å². The zero-order valence-corrected chi connectivity index (χ0v) is 12.0. The Hall–Kier alpha value is -1.68. The third kappa shape index (κ3) is 2.14. The van der Waals surface area contributed by atoms with Crippen molar-refractivity contribution in [2.45, 2.75) is 45.3 Å². The maximum absolute atomic E-state index is 12.6. The molecule has 2 N–H and O–H groups in total. The number of nitrogens with two attached hydrogens (primary N) is 1. The summed E-state index contributed by atoms with van der Waals surface area (Å²) in [7, 11) is 0. The van der Waals surface area contributed by atoms with E-state index < -0.39 is 6.17 Å². The van der Waals surface area contributed by atoms with Gasteiger partial charge in [-0.25, -0.2) is 0 Å². The van der Waals surface area contributed by atoms with Crippen LogP contribution in [0.4, 0.5) is 5.69 Å². The Morgan fingerprint density at radius 1 is 1.40 bits per heavy atom. The lowest BCUT2D eigenvalue weighted by atomic mass is 10.0. The SMILES string of the molecule is CCC(C)N1C(=O)C(N)N=C(C2CC2)c2ccccc21. The molecule has 4 nitrogen and oxygen atoms in total. The van der Waals surface area contributed by atoms with E-state index in [-0.39, 0.29) is 11.9 Å². The van der Waals surface area contributed by atoms with Crippen LogP contribution < -0.4 is 10.6 Å². The van der Waals surface area contributed by atoms with Crippen molar-refractivity contribution in [3.05, 3.63) is 29.8 Å². The Balaban J connectivity index is 2.15. The molecular formula is C16H21N3O. The minimum Gasteiger partial charge on any atom is -0.306 e. The van der Waals surface area contributed by atoms with Crippen LogP contribution in [-0.4, -0.2) is 23.8 Å². The molecule has 3 rings (SSSR count). The van der Waals surface area contributed by atoms with Crippen molar-refractivity contribution in [2.75, 3.05) is 4.90 Å². The first-order chi connectivity index (χ1) is 9.63. The van der Waals surface area contributed by atoms with Gasteiger partial charge >= 0.3 is 0 Å². The van der Waals surface area contributed by atoms with Crippen LogP contribution in [0.2, 0.25) is 0 Å². The molecular weight excluding hydrogens is 250 g/mol. The van der Waals surface area contributed by atoms with Gasteiger partial charge < -0.3 is 10.6 Å². The molecule has 2 unspecified atom stereocenters. The summed E-state index contributed by atoms with van der Waals surface area (Å²) in [6.07, 6.45) is 2.42. The monoisotopic (exact) mass is 271 g/mol. The number of fused-ring (bicyclic) bond motifs is 1. The average molecular weight is 271 g/mol. The maximum atomic E-state index is 12.6. The average Bonchev–Trinajstić information content (AvgIpc) is 3.29. The van der Waals surface area contributed by atoms with Crippen LogP contribution in [0.3, 0.4) is 0 Å². The predicted molar refractivity (Wildman–Crippen MR) is 80.9 cm³/mol. The van der Waals surface area contributed by atoms with E-state index >= 15 is 0 Å². The summed E-state index contributed by atoms with van der Waals surface area (Å²) in [6.45, 7) is 4.14. The number of anilines is 1. The highest BCUT2D eigenvalue weighted by molar-refractivity contribution is 6.14. The van der Waals surface area contributed by atoms with Crippen molar-refractivity contribution in [3.8, 4) is 0 Å². The topological polar surface area (TPSA) is 58.7 Å². The van der Waals surface area contributed by atoms with Crippen LogP contribution in [0.1, 0.15) is 38.7 Å². The van der Waals surface area contributed by atoms with Crippen LogP contribution in [0.15, 0.2) is 29.3 Å². The third-order valence-electron chi connectivity index (χ3n) is 4.20. The van der Waals surface area contributed by atoms with Gasteiger partial charge in [-0.05, 0) is 32.3 Å². The molecule has 1 heterocycles. The number of aliphatic imine (C=N–C) groups is 1. The first-order valence-corrected chi connectivity index (χ1v) is 7.39. The van der Waals surface area contributed by atoms with Gasteiger partial charge in [0.2, 0.25) is 0 Å². The second kappa shape index (κ2) is 5.02. The van der Waals surface area contributed by atoms with E-state index in [9.17, 15) is 4.79 Å². The summed E-state index contributed by atoms with van der Waals surface area (Å²) in [5, 5.41) is 0. The Kier molecular flexibility index (Phi) is 3.34. The van der Waals surface area contributed by atoms with Crippen molar-refractivity contribution in [2.24, 2.45) is 16.6 Å². The van der Waals surface area contributed by atoms with Gasteiger partial charge in [0.15, 0.2) is 6.17 Å². The van der Waals surface area contributed by atoms with E-state index in [4.69, 9.17) is 5.73 Å². The quantitative estimate of drug-likeness (QED) is 0.917. The largest absolute Gasteiger partial charge is 0.306 e. The molecule has 4 heteroatoms. The van der Waals surface area contributed by atoms with Gasteiger partial charge in [0.25, 0.3) is 5.91 Å². The number of para-hydroxylation sites is 1. The van der Waals surface area contributed by atoms with E-state index in [0.29, 0.717) is 5.92 Å². The smallest absolute Gasteiger partial charge is 0.266 e. The molecule has 1 aromatic carbocycles. The first kappa shape index (κ1) is 13.3. The predicted octanol–water partition coefficient (Wildman–Crippen LogP) is 2.32. The fraction of sp³-hybridized carbons (Fsp3) is 0.500. The van der Waals surface area contributed by atoms with Crippen LogP contribution >= 0.6 is 0 Å². The molecule has 20 heavy (non-hydrogen) atoms. The lowest BCUT2D eigenvalue weighted by Gasteiger charge is -2.29. The van der Waals surface area contributed by atoms with Crippen molar-refractivity contribution < 1.29 is 4.79 Å². The van der Waals surface area contributed by atoms with E-state index in [0.717, 1.165) is 36.2 Å². The summed E-state index contributed by atoms with van der Waals surface area (Å²) >= 11 is 0. The summed E-state index contributed by atoms with van der Waals surface area (Å²) in [5.74, 6) is 0.384. The number of amides is 1. The van der Waals surface area contributed by atoms with E-state index in [2.05, 4.69) is 24.9 Å². The van der Waals surface area contributed by atoms with Gasteiger partial charge in [-0.15, -0.1) is 0 Å². The minimum absolute atomic E-state index is 0.0950. The van der Waals surface area contributed by atoms with Gasteiger partial charge in [0.05, 0.1) is 5.69 Å². The summed E-state index contributed by atoms with van der Waals surface area (Å²) in [4.78, 5) is 19.0. The van der Waals surface area contributed by atoms with Crippen LogP contribution in [-0.2, 0) is 4.79 Å². The second-order valence-corrected chi connectivity index (χ2v) is 5.72. The second-order valence-electron chi connectivity index (χ2n) is 5.72. The molecule has 1 fully saturated rings. The fourth-order valence-electron chi connectivity index (χ4n) is 2.76. The Labute approximate surface area is 119 Å². The molecule has 0 spiro atoms. The summed E-state index contributed by atoms with van der Waals surface area (Å²) in [6, 6.07) is 8.18. The van der Waals surface area contributed by atoms with Crippen LogP contribution in [0.5, 0.6) is 0 Å². The van der Waals surface area contributed by atoms with Crippen molar-refractivity contribution >= 4 is 17.3 Å². The van der Waals surface area contributed by atoms with Gasteiger partial charge in [-0.2, -0.15) is 0 Å². The number of benzodiazepines with no additional fused rings is 1. The normalized spacial score (nSPS) is 23.9. The number of benzene rings is 1. The maximum Gasteiger partial charge on any atom is 0.266 e. The standard InChI is InChI=1S/C16H21N3O/c1-3-10(2)19-13-7-5-4-6-12(13)14(11-8-9-11)18-15(17)16(19)20/h4-7,10-11,15H,3,8-9,17H2,1-2H3. The number of hydrogen-bond acceptors (Lipinski definition) is 3. The number of carbonyl (C=O) groups is 1. The van der Waals surface area contributed by atoms with E-state index in [1.807, 2.05) is 23.1 Å². The Morgan fingerprint density at radius 3 is 2.75 bits per heavy atom. The molecule has 2 aliphatic rings. The van der Waals surface area contributed by atoms with Gasteiger partial charge in [-0.1, -0.05) is 25.1 Å². The fourth-order valence-corrected chi connectivity index (χ4v) is 2.76. The molecule has 0 radical (unpaired) electrons. The molecule has 1 saturated carbocycles. The molecule has 0 saturated heterocycles. The van der Waals surface area contributed by atoms with Crippen molar-refractivity contribution in [3.63, 3.8) is 0 Å². The summed E-state index contributed by atoms with van der Waals surface area (Å²) in [5.41, 5.74) is 9.08. The number of nitrogens with zero attached hydrogens (tertiary/aromatic N) is 2. The molecule has 1 aliphatic carbocycles. The Bertz CT molecular complexity index is 563. The van der Waals surface area contributed by atoms with Crippen LogP contribution in [0.25, 0.3) is 0 Å². The number of carbonyl (C=O) groups excluding carboxylic acids is 1. The molecule has 1 aliphatic heterocycles. The molecule has 106 valence electrons. The van der Waals surface area contributed by atoms with Gasteiger partial charge in [-0.3, -0.25) is 9.79 Å². The molecule has 0 bridgehead atoms. The van der Waals surface area contributed by atoms with Gasteiger partial charge in [0, 0.05) is 23.2 Å². The highest BCUT2D eigenvalue weighted by atomic mass is 16.2. The van der Waals surface area contributed by atoms with E-state index in [1.54, 1.807) is 0 Å². The lowest BCUT2D eigenvalue weighted by Crippen LogP contribution is -2.46. The highest BCUT2D eigenvalue weighted by Crippen LogP contribution is 2.38. The van der Waals surface area contributed by atoms with Crippen molar-refractivity contribution in [1.82, 2.24) is 0 Å². The number of hydrogen-bond donors (Lipinski definition) is 1. The third-order valence-corrected chi connectivity index (χ3v) is 4.20. The van der Waals surface area contributed by atoms with Crippen molar-refractivity contribution in [1.29, 1.82) is 0 Å². The molecule has 1 amide bonds. The molecule has 0 aromatic heterocycles. The van der Waals surface area contributed by atoms with Gasteiger partial charge in [0.1, 0.15) is 0 Å². The molecule has 2 atom stereocenters. The zero-order valence-electron chi connectivity index (χ0n) is 12.0. The highest BCUT2D eigenvalue weighted by Gasteiger charge is 2.37. The first-order valence-electron chi connectivity index (χ1n) is 7.39. The van der Waals surface area contributed by atoms with E-state index in [1.165, 1.54) is 0 Å². The molecule has 1 aromatic rings. The number of rotatable bonds is 3. The minimum atomic E-state index is -0.771. The lowest BCUT2D eigenvalue weighted by molar-refractivity contribution is -0.120.